The van der Waals surface area contributed by atoms with Crippen molar-refractivity contribution >= 4 is 82.5 Å². The van der Waals surface area contributed by atoms with Crippen LogP contribution in [-0.2, 0) is 0 Å². The van der Waals surface area contributed by atoms with Gasteiger partial charge in [-0.25, -0.2) is 0 Å². The standard InChI is InChI=1S/C51H30N2O2/c52-31-32-9-11-33(12-10-32)34-13-15-35(16-14-34)36-17-21-41(22-18-36)53(42-23-19-37-27-46-44-5-1-3-7-48(44)54-50(46)29-39(37)25-42)43-24-20-38-28-47-45-6-2-4-8-49(45)55-51(47)30-40(38)26-43/h1-30H. The highest BCUT2D eigenvalue weighted by molar-refractivity contribution is 6.12. The molecule has 11 rings (SSSR count). The number of fused-ring (bicyclic) bond motifs is 8. The SMILES string of the molecule is N#Cc1ccc(-c2ccc(-c3ccc(N(c4ccc5cc6c(cc5c4)oc4ccccc46)c4ccc5cc6c(cc5c4)oc4ccccc46)cc3)cc2)cc1. The average Bonchev–Trinajstić information content (AvgIpc) is 3.79. The first-order chi connectivity index (χ1) is 27.1. The maximum Gasteiger partial charge on any atom is 0.136 e. The molecule has 0 aliphatic heterocycles. The van der Waals surface area contributed by atoms with Crippen LogP contribution in [0.25, 0.3) is 87.7 Å². The van der Waals surface area contributed by atoms with Crippen LogP contribution in [0, 0.1) is 11.3 Å². The zero-order chi connectivity index (χ0) is 36.5. The lowest BCUT2D eigenvalue weighted by atomic mass is 9.99. The van der Waals surface area contributed by atoms with Crippen LogP contribution in [0.3, 0.4) is 0 Å². The largest absolute Gasteiger partial charge is 0.456 e. The molecular weight excluding hydrogens is 673 g/mol. The van der Waals surface area contributed by atoms with Crippen molar-refractivity contribution in [2.75, 3.05) is 4.90 Å². The molecule has 0 bridgehead atoms. The summed E-state index contributed by atoms with van der Waals surface area (Å²) < 4.78 is 12.6. The number of hydrogen-bond donors (Lipinski definition) is 0. The Labute approximate surface area is 316 Å². The topological polar surface area (TPSA) is 53.3 Å². The number of benzene rings is 9. The van der Waals surface area contributed by atoms with Gasteiger partial charge in [-0.3, -0.25) is 0 Å². The van der Waals surface area contributed by atoms with Crippen LogP contribution in [0.5, 0.6) is 0 Å². The van der Waals surface area contributed by atoms with Gasteiger partial charge in [0.1, 0.15) is 22.3 Å². The van der Waals surface area contributed by atoms with Crippen molar-refractivity contribution in [2.24, 2.45) is 0 Å². The Morgan fingerprint density at radius 3 is 1.24 bits per heavy atom. The molecule has 2 heterocycles. The molecular formula is C51H30N2O2. The number of nitriles is 1. The molecule has 4 nitrogen and oxygen atoms in total. The van der Waals surface area contributed by atoms with Crippen molar-refractivity contribution < 1.29 is 8.83 Å². The molecule has 0 radical (unpaired) electrons. The summed E-state index contributed by atoms with van der Waals surface area (Å²) >= 11 is 0. The van der Waals surface area contributed by atoms with E-state index in [2.05, 4.69) is 144 Å². The number of hydrogen-bond acceptors (Lipinski definition) is 4. The van der Waals surface area contributed by atoms with Crippen LogP contribution in [0.1, 0.15) is 5.56 Å². The van der Waals surface area contributed by atoms with Gasteiger partial charge in [-0.05, 0) is 129 Å². The maximum atomic E-state index is 9.18. The molecule has 0 spiro atoms. The number of anilines is 3. The van der Waals surface area contributed by atoms with Crippen LogP contribution in [0.2, 0.25) is 0 Å². The van der Waals surface area contributed by atoms with Gasteiger partial charge in [0.25, 0.3) is 0 Å². The molecule has 0 unspecified atom stereocenters. The second kappa shape index (κ2) is 12.2. The number of furan rings is 2. The fourth-order valence-corrected chi connectivity index (χ4v) is 8.03. The predicted molar refractivity (Wildman–Crippen MR) is 226 cm³/mol. The molecule has 256 valence electrons. The second-order valence-electron chi connectivity index (χ2n) is 14.1. The van der Waals surface area contributed by atoms with E-state index in [1.165, 1.54) is 0 Å². The molecule has 4 heteroatoms. The van der Waals surface area contributed by atoms with E-state index in [1.807, 2.05) is 48.5 Å². The molecule has 9 aromatic carbocycles. The van der Waals surface area contributed by atoms with E-state index < -0.39 is 0 Å². The van der Waals surface area contributed by atoms with E-state index in [0.717, 1.165) is 105 Å². The Morgan fingerprint density at radius 1 is 0.345 bits per heavy atom. The van der Waals surface area contributed by atoms with E-state index >= 15 is 0 Å². The lowest BCUT2D eigenvalue weighted by Gasteiger charge is -2.26. The Balaban J connectivity index is 1.02. The van der Waals surface area contributed by atoms with Crippen molar-refractivity contribution in [3.63, 3.8) is 0 Å². The summed E-state index contributed by atoms with van der Waals surface area (Å²) in [5, 5.41) is 18.2. The average molecular weight is 703 g/mol. The van der Waals surface area contributed by atoms with Crippen molar-refractivity contribution in [2.45, 2.75) is 0 Å². The first kappa shape index (κ1) is 31.0. The lowest BCUT2D eigenvalue weighted by Crippen LogP contribution is -2.09. The maximum absolute atomic E-state index is 9.18. The third kappa shape index (κ3) is 5.22. The van der Waals surface area contributed by atoms with E-state index in [9.17, 15) is 5.26 Å². The van der Waals surface area contributed by atoms with Gasteiger partial charge in [0, 0.05) is 38.6 Å². The monoisotopic (exact) mass is 702 g/mol. The molecule has 55 heavy (non-hydrogen) atoms. The molecule has 0 aliphatic rings. The van der Waals surface area contributed by atoms with Gasteiger partial charge in [0.05, 0.1) is 11.6 Å². The quantitative estimate of drug-likeness (QED) is 0.179. The molecule has 0 fully saturated rings. The Kier molecular flexibility index (Phi) is 6.89. The summed E-state index contributed by atoms with van der Waals surface area (Å²) in [4.78, 5) is 2.32. The summed E-state index contributed by atoms with van der Waals surface area (Å²) in [5.41, 5.74) is 11.8. The van der Waals surface area contributed by atoms with Crippen LogP contribution in [0.15, 0.2) is 191 Å². The Morgan fingerprint density at radius 2 is 0.764 bits per heavy atom. The van der Waals surface area contributed by atoms with Gasteiger partial charge < -0.3 is 13.7 Å². The zero-order valence-corrected chi connectivity index (χ0v) is 29.5. The van der Waals surface area contributed by atoms with Crippen LogP contribution in [0.4, 0.5) is 17.1 Å². The molecule has 0 amide bonds. The van der Waals surface area contributed by atoms with Gasteiger partial charge in [0.2, 0.25) is 0 Å². The summed E-state index contributed by atoms with van der Waals surface area (Å²) in [6.07, 6.45) is 0. The number of rotatable bonds is 5. The normalized spacial score (nSPS) is 11.6. The van der Waals surface area contributed by atoms with Crippen LogP contribution < -0.4 is 4.90 Å². The van der Waals surface area contributed by atoms with Crippen LogP contribution in [-0.4, -0.2) is 0 Å². The minimum atomic E-state index is 0.661. The summed E-state index contributed by atoms with van der Waals surface area (Å²) in [5.74, 6) is 0. The summed E-state index contributed by atoms with van der Waals surface area (Å²) in [7, 11) is 0. The van der Waals surface area contributed by atoms with E-state index in [1.54, 1.807) is 0 Å². The van der Waals surface area contributed by atoms with Gasteiger partial charge in [-0.2, -0.15) is 5.26 Å². The number of nitrogens with zero attached hydrogens (tertiary/aromatic N) is 2. The fourth-order valence-electron chi connectivity index (χ4n) is 8.03. The minimum absolute atomic E-state index is 0.661. The highest BCUT2D eigenvalue weighted by Crippen LogP contribution is 2.41. The molecule has 0 saturated carbocycles. The first-order valence-electron chi connectivity index (χ1n) is 18.4. The molecule has 0 atom stereocenters. The van der Waals surface area contributed by atoms with Gasteiger partial charge in [-0.15, -0.1) is 0 Å². The van der Waals surface area contributed by atoms with Crippen LogP contribution >= 0.6 is 0 Å². The number of para-hydroxylation sites is 2. The van der Waals surface area contributed by atoms with Gasteiger partial charge in [0.15, 0.2) is 0 Å². The van der Waals surface area contributed by atoms with Crippen molar-refractivity contribution in [1.82, 2.24) is 0 Å². The first-order valence-corrected chi connectivity index (χ1v) is 18.4. The molecule has 0 aliphatic carbocycles. The molecule has 0 saturated heterocycles. The molecule has 11 aromatic rings. The second-order valence-corrected chi connectivity index (χ2v) is 14.1. The Hall–Kier alpha value is -7.61. The fraction of sp³-hybridized carbons (Fsp3) is 0. The third-order valence-corrected chi connectivity index (χ3v) is 10.8. The summed E-state index contributed by atoms with van der Waals surface area (Å²) in [6, 6.07) is 65.9. The lowest BCUT2D eigenvalue weighted by molar-refractivity contribution is 0.669. The van der Waals surface area contributed by atoms with E-state index in [0.29, 0.717) is 5.56 Å². The molecule has 2 aromatic heterocycles. The van der Waals surface area contributed by atoms with Crippen molar-refractivity contribution in [1.29, 1.82) is 5.26 Å². The zero-order valence-electron chi connectivity index (χ0n) is 29.5. The highest BCUT2D eigenvalue weighted by Gasteiger charge is 2.17. The highest BCUT2D eigenvalue weighted by atomic mass is 16.3. The van der Waals surface area contributed by atoms with Crippen molar-refractivity contribution in [3.05, 3.63) is 188 Å². The third-order valence-electron chi connectivity index (χ3n) is 10.8. The van der Waals surface area contributed by atoms with Gasteiger partial charge >= 0.3 is 0 Å². The van der Waals surface area contributed by atoms with E-state index in [-0.39, 0.29) is 0 Å². The minimum Gasteiger partial charge on any atom is -0.456 e. The molecule has 0 N–H and O–H groups in total. The predicted octanol–water partition coefficient (Wildman–Crippen LogP) is 14.5. The van der Waals surface area contributed by atoms with Crippen molar-refractivity contribution in [3.8, 4) is 28.3 Å². The summed E-state index contributed by atoms with van der Waals surface area (Å²) in [6.45, 7) is 0. The van der Waals surface area contributed by atoms with E-state index in [4.69, 9.17) is 8.83 Å². The smallest absolute Gasteiger partial charge is 0.136 e. The van der Waals surface area contributed by atoms with Gasteiger partial charge in [-0.1, -0.05) is 97.1 Å². The Bertz CT molecular complexity index is 3160.